The average molecular weight is 253 g/mol. The van der Waals surface area contributed by atoms with Crippen molar-refractivity contribution < 1.29 is 23.7 Å². The summed E-state index contributed by atoms with van der Waals surface area (Å²) in [6, 6.07) is 0. The predicted molar refractivity (Wildman–Crippen MR) is 62.8 cm³/mol. The monoisotopic (exact) mass is 253 g/mol. The normalized spacial score (nSPS) is 11.5. The van der Waals surface area contributed by atoms with Crippen LogP contribution in [0.15, 0.2) is 0 Å². The maximum Gasteiger partial charge on any atom is 0.494 e. The fourth-order valence-corrected chi connectivity index (χ4v) is 0.947. The Bertz CT molecular complexity index is 173. The van der Waals surface area contributed by atoms with E-state index in [2.05, 4.69) is 16.2 Å². The summed E-state index contributed by atoms with van der Waals surface area (Å²) < 4.78 is 18.7. The molecule has 0 aliphatic heterocycles. The van der Waals surface area contributed by atoms with E-state index in [1.54, 1.807) is 13.8 Å². The molecule has 0 radical (unpaired) electrons. The molecule has 0 aromatic carbocycles. The van der Waals surface area contributed by atoms with Crippen LogP contribution in [0.25, 0.3) is 0 Å². The van der Waals surface area contributed by atoms with Crippen LogP contribution < -0.4 is 0 Å². The molecule has 0 bridgehead atoms. The zero-order valence-electron chi connectivity index (χ0n) is 10.2. The molecule has 2 unspecified atom stereocenters. The maximum atomic E-state index is 10.5. The summed E-state index contributed by atoms with van der Waals surface area (Å²) in [6.07, 6.45) is 1.61. The van der Waals surface area contributed by atoms with Gasteiger partial charge in [0.2, 0.25) is 0 Å². The molecule has 0 saturated carbocycles. The lowest BCUT2D eigenvalue weighted by molar-refractivity contribution is -0.145. The molecule has 0 rings (SSSR count). The van der Waals surface area contributed by atoms with Crippen LogP contribution in [-0.2, 0) is 18.6 Å². The van der Waals surface area contributed by atoms with Gasteiger partial charge in [-0.2, -0.15) is 0 Å². The molecule has 96 valence electrons. The van der Waals surface area contributed by atoms with Crippen LogP contribution in [0.2, 0.25) is 0 Å². The fraction of sp³-hybridized carbons (Fsp3) is 0.900. The van der Waals surface area contributed by atoms with Crippen LogP contribution in [0.1, 0.15) is 40.0 Å². The van der Waals surface area contributed by atoms with E-state index in [9.17, 15) is 9.36 Å². The van der Waals surface area contributed by atoms with Crippen LogP contribution in [0, 0.1) is 0 Å². The van der Waals surface area contributed by atoms with Crippen molar-refractivity contribution in [2.45, 2.75) is 46.1 Å². The molecule has 0 fully saturated rings. The summed E-state index contributed by atoms with van der Waals surface area (Å²) in [5, 5.41) is 8.65. The molecule has 0 saturated heterocycles. The smallest absolute Gasteiger partial charge is 0.466 e. The highest BCUT2D eigenvalue weighted by Gasteiger charge is 2.04. The second kappa shape index (κ2) is 14.5. The molecule has 0 aromatic heterocycles. The first-order chi connectivity index (χ1) is 7.58. The lowest BCUT2D eigenvalue weighted by Crippen LogP contribution is -2.11. The zero-order chi connectivity index (χ0) is 12.8. The molecule has 16 heavy (non-hydrogen) atoms. The Morgan fingerprint density at radius 1 is 1.44 bits per heavy atom. The van der Waals surface area contributed by atoms with Gasteiger partial charge in [-0.3, -0.25) is 4.79 Å². The van der Waals surface area contributed by atoms with Crippen LogP contribution >= 0.6 is 8.69 Å². The molecule has 5 nitrogen and oxygen atoms in total. The maximum absolute atomic E-state index is 10.5. The third-order valence-corrected chi connectivity index (χ3v) is 1.75. The van der Waals surface area contributed by atoms with Crippen molar-refractivity contribution in [1.29, 1.82) is 0 Å². The number of unbranched alkanes of at least 4 members (excludes halogenated alkanes) is 1. The first-order valence-corrected chi connectivity index (χ1v) is 6.22. The summed E-state index contributed by atoms with van der Waals surface area (Å²) >= 11 is 0. The Balaban J connectivity index is 0. The first-order valence-electron chi connectivity index (χ1n) is 5.41. The lowest BCUT2D eigenvalue weighted by Gasteiger charge is -2.01. The van der Waals surface area contributed by atoms with Gasteiger partial charge in [0.25, 0.3) is 0 Å². The van der Waals surface area contributed by atoms with Gasteiger partial charge in [-0.15, -0.1) is 4.52 Å². The highest BCUT2D eigenvalue weighted by molar-refractivity contribution is 7.17. The Labute approximate surface area is 98.4 Å². The minimum absolute atomic E-state index is 0.0911. The standard InChI is InChI=1S/C6H12O3.C4H10O2P/c1-3-9-6(8)4-5(2)7;1-2-3-4-6-7-5/h5,7H,3-4H2,1-2H3;7H,2-4H2,1H3/q;+1. The van der Waals surface area contributed by atoms with Crippen LogP contribution in [-0.4, -0.2) is 30.4 Å². The third kappa shape index (κ3) is 19.1. The largest absolute Gasteiger partial charge is 0.494 e. The van der Waals surface area contributed by atoms with Crippen molar-refractivity contribution in [1.82, 2.24) is 0 Å². The van der Waals surface area contributed by atoms with Crippen LogP contribution in [0.5, 0.6) is 0 Å². The third-order valence-electron chi connectivity index (χ3n) is 1.43. The van der Waals surface area contributed by atoms with Crippen molar-refractivity contribution >= 4 is 14.7 Å². The van der Waals surface area contributed by atoms with E-state index in [-0.39, 0.29) is 12.4 Å². The van der Waals surface area contributed by atoms with Crippen molar-refractivity contribution in [3.63, 3.8) is 0 Å². The Morgan fingerprint density at radius 3 is 2.44 bits per heavy atom. The molecule has 0 spiro atoms. The quantitative estimate of drug-likeness (QED) is 0.427. The molecule has 0 aromatic rings. The fourth-order valence-electron chi connectivity index (χ4n) is 0.719. The van der Waals surface area contributed by atoms with E-state index in [0.29, 0.717) is 13.2 Å². The Morgan fingerprint density at radius 2 is 2.06 bits per heavy atom. The molecular weight excluding hydrogens is 231 g/mol. The minimum Gasteiger partial charge on any atom is -0.466 e. The average Bonchev–Trinajstić information content (AvgIpc) is 2.18. The lowest BCUT2D eigenvalue weighted by atomic mass is 10.3. The van der Waals surface area contributed by atoms with Gasteiger partial charge < -0.3 is 9.84 Å². The van der Waals surface area contributed by atoms with Gasteiger partial charge in [-0.25, -0.2) is 0 Å². The summed E-state index contributed by atoms with van der Waals surface area (Å²) in [5.74, 6) is -0.340. The number of hydrogen-bond donors (Lipinski definition) is 1. The van der Waals surface area contributed by atoms with E-state index in [4.69, 9.17) is 5.11 Å². The van der Waals surface area contributed by atoms with Crippen molar-refractivity contribution in [2.24, 2.45) is 0 Å². The number of esters is 1. The van der Waals surface area contributed by atoms with Crippen LogP contribution in [0.3, 0.4) is 0 Å². The number of ether oxygens (including phenoxy) is 1. The molecule has 1 N–H and O–H groups in total. The van der Waals surface area contributed by atoms with Crippen LogP contribution in [0.4, 0.5) is 0 Å². The SMILES string of the molecule is CCCCO[PH+]=O.CCOC(=O)CC(C)O. The van der Waals surface area contributed by atoms with E-state index < -0.39 is 14.8 Å². The summed E-state index contributed by atoms with van der Waals surface area (Å²) in [7, 11) is -0.582. The van der Waals surface area contributed by atoms with Gasteiger partial charge in [0.05, 0.1) is 19.1 Å². The highest BCUT2D eigenvalue weighted by atomic mass is 31.1. The number of rotatable bonds is 7. The van der Waals surface area contributed by atoms with Gasteiger partial charge in [-0.1, -0.05) is 13.3 Å². The van der Waals surface area contributed by atoms with E-state index in [1.165, 1.54) is 0 Å². The number of hydrogen-bond acceptors (Lipinski definition) is 5. The zero-order valence-corrected chi connectivity index (χ0v) is 11.2. The van der Waals surface area contributed by atoms with Gasteiger partial charge in [0, 0.05) is 0 Å². The molecule has 2 atom stereocenters. The Hall–Kier alpha value is -0.510. The molecule has 0 heterocycles. The number of aliphatic hydroxyl groups excluding tert-OH is 1. The number of carbonyl (C=O) groups excluding carboxylic acids is 1. The minimum atomic E-state index is -0.593. The molecule has 0 amide bonds. The Kier molecular flexibility index (Phi) is 16.2. The molecule has 6 heteroatoms. The topological polar surface area (TPSA) is 72.8 Å². The van der Waals surface area contributed by atoms with Crippen molar-refractivity contribution in [3.05, 3.63) is 0 Å². The second-order valence-corrected chi connectivity index (χ2v) is 3.60. The predicted octanol–water partition coefficient (Wildman–Crippen LogP) is 2.06. The van der Waals surface area contributed by atoms with Crippen molar-refractivity contribution in [2.75, 3.05) is 13.2 Å². The molecular formula is C10H22O5P+. The summed E-state index contributed by atoms with van der Waals surface area (Å²) in [4.78, 5) is 10.5. The van der Waals surface area contributed by atoms with Gasteiger partial charge in [-0.05, 0) is 24.8 Å². The highest BCUT2D eigenvalue weighted by Crippen LogP contribution is 1.96. The first kappa shape index (κ1) is 17.9. The molecule has 0 aliphatic rings. The van der Waals surface area contributed by atoms with Gasteiger partial charge in [0.15, 0.2) is 0 Å². The number of carbonyl (C=O) groups is 1. The molecule has 0 aliphatic carbocycles. The van der Waals surface area contributed by atoms with E-state index in [1.807, 2.05) is 0 Å². The summed E-state index contributed by atoms with van der Waals surface area (Å²) in [5.41, 5.74) is 0. The van der Waals surface area contributed by atoms with E-state index in [0.717, 1.165) is 12.8 Å². The van der Waals surface area contributed by atoms with Gasteiger partial charge >= 0.3 is 14.7 Å². The van der Waals surface area contributed by atoms with Crippen molar-refractivity contribution in [3.8, 4) is 0 Å². The number of aliphatic hydroxyl groups is 1. The summed E-state index contributed by atoms with van der Waals surface area (Å²) in [6.45, 7) is 6.37. The van der Waals surface area contributed by atoms with E-state index >= 15 is 0 Å². The second-order valence-electron chi connectivity index (χ2n) is 3.14. The van der Waals surface area contributed by atoms with Gasteiger partial charge in [0.1, 0.15) is 6.61 Å².